The van der Waals surface area contributed by atoms with E-state index in [9.17, 15) is 0 Å². The quantitative estimate of drug-likeness (QED) is 0.636. The molecule has 0 spiro atoms. The molecule has 3 nitrogen and oxygen atoms in total. The van der Waals surface area contributed by atoms with Gasteiger partial charge in [-0.2, -0.15) is 0 Å². The van der Waals surface area contributed by atoms with Crippen LogP contribution in [0.25, 0.3) is 0 Å². The second-order valence-electron chi connectivity index (χ2n) is 2.60. The summed E-state index contributed by atoms with van der Waals surface area (Å²) >= 11 is 0. The molecule has 0 aromatic heterocycles. The zero-order valence-corrected chi connectivity index (χ0v) is 6.82. The van der Waals surface area contributed by atoms with Gasteiger partial charge in [0.05, 0.1) is 6.61 Å². The Morgan fingerprint density at radius 2 is 2.00 bits per heavy atom. The summed E-state index contributed by atoms with van der Waals surface area (Å²) in [5.74, 6) is 1.80. The molecule has 0 amide bonds. The molecule has 1 rings (SSSR count). The van der Waals surface area contributed by atoms with Gasteiger partial charge in [-0.1, -0.05) is 0 Å². The molecule has 0 radical (unpaired) electrons. The highest BCUT2D eigenvalue weighted by Crippen LogP contribution is 2.28. The van der Waals surface area contributed by atoms with Crippen molar-refractivity contribution in [3.05, 3.63) is 12.5 Å². The Balaban J connectivity index is 2.44. The third-order valence-corrected chi connectivity index (χ3v) is 1.76. The zero-order chi connectivity index (χ0) is 8.86. The molecule has 1 aliphatic heterocycles. The first-order valence-electron chi connectivity index (χ1n) is 3.88. The Morgan fingerprint density at radius 3 is 2.50 bits per heavy atom. The lowest BCUT2D eigenvalue weighted by Crippen LogP contribution is -2.30. The maximum atomic E-state index is 8.75. The van der Waals surface area contributed by atoms with Crippen LogP contribution in [-0.2, 0) is 9.47 Å². The van der Waals surface area contributed by atoms with Crippen molar-refractivity contribution in [3.8, 4) is 12.3 Å². The van der Waals surface area contributed by atoms with E-state index < -0.39 is 5.79 Å². The number of rotatable bonds is 4. The van der Waals surface area contributed by atoms with Crippen LogP contribution >= 0.6 is 0 Å². The fourth-order valence-corrected chi connectivity index (χ4v) is 1.13. The first-order valence-corrected chi connectivity index (χ1v) is 3.88. The van der Waals surface area contributed by atoms with Crippen molar-refractivity contribution in [2.24, 2.45) is 0 Å². The summed E-state index contributed by atoms with van der Waals surface area (Å²) in [5, 5.41) is 8.75. The number of aliphatic hydroxyl groups excluding tert-OH is 1. The van der Waals surface area contributed by atoms with Gasteiger partial charge < -0.3 is 14.6 Å². The highest BCUT2D eigenvalue weighted by molar-refractivity contribution is 4.90. The molecule has 12 heavy (non-hydrogen) atoms. The predicted molar refractivity (Wildman–Crippen MR) is 43.8 cm³/mol. The lowest BCUT2D eigenvalue weighted by atomic mass is 10.1. The molecule has 0 fully saturated rings. The molecule has 3 heteroatoms. The van der Waals surface area contributed by atoms with E-state index in [2.05, 4.69) is 5.92 Å². The molecule has 0 saturated carbocycles. The maximum absolute atomic E-state index is 8.75. The van der Waals surface area contributed by atoms with Crippen molar-refractivity contribution in [2.75, 3.05) is 6.61 Å². The van der Waals surface area contributed by atoms with Crippen molar-refractivity contribution >= 4 is 0 Å². The summed E-state index contributed by atoms with van der Waals surface area (Å²) in [6.45, 7) is 0.0340. The molecule has 0 aromatic carbocycles. The van der Waals surface area contributed by atoms with Gasteiger partial charge in [-0.15, -0.1) is 12.3 Å². The van der Waals surface area contributed by atoms with Gasteiger partial charge in [0.25, 0.3) is 5.79 Å². The average molecular weight is 168 g/mol. The Morgan fingerprint density at radius 1 is 1.33 bits per heavy atom. The molecular weight excluding hydrogens is 156 g/mol. The Kier molecular flexibility index (Phi) is 3.01. The minimum absolute atomic E-state index is 0.0340. The van der Waals surface area contributed by atoms with Crippen LogP contribution in [0.4, 0.5) is 0 Å². The molecule has 1 N–H and O–H groups in total. The Bertz CT molecular complexity index is 194. The Labute approximate surface area is 72.0 Å². The summed E-state index contributed by atoms with van der Waals surface area (Å²) in [4.78, 5) is 0. The fraction of sp³-hybridized carbons (Fsp3) is 0.556. The van der Waals surface area contributed by atoms with Gasteiger partial charge >= 0.3 is 0 Å². The van der Waals surface area contributed by atoms with Crippen LogP contribution in [0.15, 0.2) is 12.5 Å². The Hall–Kier alpha value is -1.14. The van der Waals surface area contributed by atoms with Gasteiger partial charge in [-0.3, -0.25) is 0 Å². The number of hydrogen-bond acceptors (Lipinski definition) is 3. The third-order valence-electron chi connectivity index (χ3n) is 1.76. The lowest BCUT2D eigenvalue weighted by Gasteiger charge is -2.26. The number of hydrogen-bond donors (Lipinski definition) is 1. The van der Waals surface area contributed by atoms with Gasteiger partial charge in [0.15, 0.2) is 0 Å². The monoisotopic (exact) mass is 168 g/mol. The molecule has 0 atom stereocenters. The normalized spacial score (nSPS) is 18.0. The summed E-state index contributed by atoms with van der Waals surface area (Å²) < 4.78 is 10.4. The van der Waals surface area contributed by atoms with Crippen molar-refractivity contribution in [1.29, 1.82) is 0 Å². The summed E-state index contributed by atoms with van der Waals surface area (Å²) in [7, 11) is 0. The number of aliphatic hydroxyl groups is 1. The van der Waals surface area contributed by atoms with Crippen molar-refractivity contribution < 1.29 is 14.6 Å². The third kappa shape index (κ3) is 1.93. The van der Waals surface area contributed by atoms with E-state index in [-0.39, 0.29) is 6.61 Å². The highest BCUT2D eigenvalue weighted by Gasteiger charge is 2.34. The minimum atomic E-state index is -0.707. The van der Waals surface area contributed by atoms with Crippen LogP contribution in [0.1, 0.15) is 19.3 Å². The second kappa shape index (κ2) is 4.03. The van der Waals surface area contributed by atoms with Crippen molar-refractivity contribution in [1.82, 2.24) is 0 Å². The first kappa shape index (κ1) is 8.95. The van der Waals surface area contributed by atoms with E-state index in [1.54, 1.807) is 0 Å². The van der Waals surface area contributed by atoms with Gasteiger partial charge in [-0.25, -0.2) is 0 Å². The van der Waals surface area contributed by atoms with E-state index in [4.69, 9.17) is 21.0 Å². The molecule has 1 aliphatic rings. The molecule has 0 aromatic rings. The van der Waals surface area contributed by atoms with E-state index >= 15 is 0 Å². The smallest absolute Gasteiger partial charge is 0.252 e. The number of ether oxygens (including phenoxy) is 2. The highest BCUT2D eigenvalue weighted by atomic mass is 16.7. The van der Waals surface area contributed by atoms with Crippen molar-refractivity contribution in [2.45, 2.75) is 25.0 Å². The average Bonchev–Trinajstić information content (AvgIpc) is 2.51. The summed E-state index contributed by atoms with van der Waals surface area (Å²) in [6.07, 6.45) is 9.71. The van der Waals surface area contributed by atoms with Gasteiger partial charge in [0.2, 0.25) is 0 Å². The van der Waals surface area contributed by atoms with Crippen molar-refractivity contribution in [3.63, 3.8) is 0 Å². The lowest BCUT2D eigenvalue weighted by molar-refractivity contribution is -0.156. The van der Waals surface area contributed by atoms with E-state index in [1.807, 2.05) is 0 Å². The molecule has 66 valence electrons. The second-order valence-corrected chi connectivity index (χ2v) is 2.60. The van der Waals surface area contributed by atoms with Crippen LogP contribution in [-0.4, -0.2) is 17.5 Å². The summed E-state index contributed by atoms with van der Waals surface area (Å²) in [5.41, 5.74) is 0. The topological polar surface area (TPSA) is 38.7 Å². The van der Waals surface area contributed by atoms with Crippen LogP contribution < -0.4 is 0 Å². The van der Waals surface area contributed by atoms with E-state index in [0.29, 0.717) is 19.3 Å². The molecular formula is C9H12O3. The molecule has 0 aliphatic carbocycles. The molecule has 1 heterocycles. The zero-order valence-electron chi connectivity index (χ0n) is 6.82. The molecule has 0 bridgehead atoms. The van der Waals surface area contributed by atoms with Crippen LogP contribution in [0.3, 0.4) is 0 Å². The van der Waals surface area contributed by atoms with Crippen LogP contribution in [0.2, 0.25) is 0 Å². The SMILES string of the molecule is C#CCCC1(CCO)OC=CO1. The maximum Gasteiger partial charge on any atom is 0.252 e. The fourth-order valence-electron chi connectivity index (χ4n) is 1.13. The van der Waals surface area contributed by atoms with Gasteiger partial charge in [0.1, 0.15) is 12.5 Å². The largest absolute Gasteiger partial charge is 0.457 e. The molecule has 0 unspecified atom stereocenters. The van der Waals surface area contributed by atoms with E-state index in [0.717, 1.165) is 0 Å². The van der Waals surface area contributed by atoms with E-state index in [1.165, 1.54) is 12.5 Å². The standard InChI is InChI=1S/C9H12O3/c1-2-3-4-9(5-6-10)11-7-8-12-9/h1,7-8,10H,3-6H2. The van der Waals surface area contributed by atoms with Crippen LogP contribution in [0.5, 0.6) is 0 Å². The van der Waals surface area contributed by atoms with Gasteiger partial charge in [-0.05, 0) is 0 Å². The summed E-state index contributed by atoms with van der Waals surface area (Å²) in [6, 6.07) is 0. The van der Waals surface area contributed by atoms with Gasteiger partial charge in [0, 0.05) is 19.3 Å². The minimum Gasteiger partial charge on any atom is -0.457 e. The first-order chi connectivity index (χ1) is 5.83. The molecule has 0 saturated heterocycles. The number of terminal acetylenes is 1. The van der Waals surface area contributed by atoms with Crippen LogP contribution in [0, 0.1) is 12.3 Å². The predicted octanol–water partition coefficient (Wildman–Crippen LogP) is 0.996.